The SMILES string of the molecule is CCCCCCCCCCCCCCCCCCCCC/C=C/[P]/C=C/CCCCCCCCCCCCCCCCCCCCC. The van der Waals surface area contributed by atoms with Gasteiger partial charge in [0.2, 0.25) is 0 Å². The minimum absolute atomic E-state index is 1.28. The Morgan fingerprint density at radius 1 is 0.234 bits per heavy atom. The third-order valence-corrected chi connectivity index (χ3v) is 11.1. The molecule has 0 aromatic carbocycles. The van der Waals surface area contributed by atoms with Crippen LogP contribution >= 0.6 is 8.58 Å². The molecule has 0 amide bonds. The van der Waals surface area contributed by atoms with Gasteiger partial charge < -0.3 is 0 Å². The number of hydrogen-bond donors (Lipinski definition) is 0. The van der Waals surface area contributed by atoms with Crippen molar-refractivity contribution < 1.29 is 0 Å². The van der Waals surface area contributed by atoms with E-state index in [1.807, 2.05) is 0 Å². The average Bonchev–Trinajstić information content (AvgIpc) is 3.08. The van der Waals surface area contributed by atoms with E-state index in [2.05, 4.69) is 37.6 Å². The summed E-state index contributed by atoms with van der Waals surface area (Å²) in [5, 5.41) is 0. The van der Waals surface area contributed by atoms with Crippen molar-refractivity contribution in [1.82, 2.24) is 0 Å². The Labute approximate surface area is 302 Å². The van der Waals surface area contributed by atoms with Crippen LogP contribution in [-0.4, -0.2) is 0 Å². The van der Waals surface area contributed by atoms with Gasteiger partial charge in [0.05, 0.1) is 0 Å². The molecule has 0 aromatic heterocycles. The molecule has 0 aromatic rings. The van der Waals surface area contributed by atoms with E-state index < -0.39 is 0 Å². The topological polar surface area (TPSA) is 0 Å². The molecule has 0 rings (SSSR count). The molecule has 0 saturated heterocycles. The first-order chi connectivity index (χ1) is 23.4. The predicted octanol–water partition coefficient (Wildman–Crippen LogP) is 18.6. The minimum atomic E-state index is 1.28. The lowest BCUT2D eigenvalue weighted by molar-refractivity contribution is 0.523. The summed E-state index contributed by atoms with van der Waals surface area (Å²) >= 11 is 0. The zero-order valence-electron chi connectivity index (χ0n) is 33.0. The lowest BCUT2D eigenvalue weighted by atomic mass is 10.0. The van der Waals surface area contributed by atoms with Crippen molar-refractivity contribution in [3.05, 3.63) is 23.8 Å². The molecule has 0 nitrogen and oxygen atoms in total. The van der Waals surface area contributed by atoms with Crippen molar-refractivity contribution >= 4 is 8.58 Å². The number of rotatable bonds is 42. The quantitative estimate of drug-likeness (QED) is 0.0447. The second-order valence-electron chi connectivity index (χ2n) is 15.2. The van der Waals surface area contributed by atoms with Gasteiger partial charge >= 0.3 is 0 Å². The normalized spacial score (nSPS) is 12.0. The monoisotopic (exact) mass is 674 g/mol. The first kappa shape index (κ1) is 46.9. The number of allylic oxidation sites excluding steroid dienone is 2. The van der Waals surface area contributed by atoms with Crippen molar-refractivity contribution in [1.29, 1.82) is 0 Å². The van der Waals surface area contributed by atoms with Crippen molar-refractivity contribution in [2.45, 2.75) is 271 Å². The molecule has 0 N–H and O–H groups in total. The summed E-state index contributed by atoms with van der Waals surface area (Å²) in [6.45, 7) is 4.62. The Morgan fingerprint density at radius 2 is 0.404 bits per heavy atom. The van der Waals surface area contributed by atoms with Gasteiger partial charge in [0.25, 0.3) is 0 Å². The number of unbranched alkanes of at least 4 members (excludes halogenated alkanes) is 38. The standard InChI is InChI=1S/C46H90P/c1-3-5-7-9-11-13-15-17-19-21-23-25-27-29-31-33-35-37-39-41-43-45-47-46-44-42-40-38-36-34-32-30-28-26-24-22-20-18-16-14-12-10-8-6-4-2/h43-46H,3-42H2,1-2H3/b45-43+,46-44+. The van der Waals surface area contributed by atoms with E-state index in [1.165, 1.54) is 265 Å². The van der Waals surface area contributed by atoms with E-state index in [9.17, 15) is 0 Å². The summed E-state index contributed by atoms with van der Waals surface area (Å²) < 4.78 is 0. The molecule has 1 heteroatoms. The molecule has 0 heterocycles. The van der Waals surface area contributed by atoms with Gasteiger partial charge in [-0.3, -0.25) is 0 Å². The highest BCUT2D eigenvalue weighted by Gasteiger charge is 1.97. The third kappa shape index (κ3) is 45.9. The van der Waals surface area contributed by atoms with E-state index in [0.717, 1.165) is 0 Å². The second kappa shape index (κ2) is 45.9. The van der Waals surface area contributed by atoms with E-state index in [0.29, 0.717) is 0 Å². The molecule has 0 fully saturated rings. The Kier molecular flexibility index (Phi) is 45.8. The maximum absolute atomic E-state index is 2.41. The van der Waals surface area contributed by atoms with E-state index in [-0.39, 0.29) is 0 Å². The fourth-order valence-corrected chi connectivity index (χ4v) is 7.64. The summed E-state index contributed by atoms with van der Waals surface area (Å²) in [4.78, 5) is 0. The van der Waals surface area contributed by atoms with Gasteiger partial charge in [-0.25, -0.2) is 0 Å². The van der Waals surface area contributed by atoms with Crippen LogP contribution in [0.2, 0.25) is 0 Å². The summed E-state index contributed by atoms with van der Waals surface area (Å²) in [7, 11) is 1.38. The van der Waals surface area contributed by atoms with Crippen molar-refractivity contribution in [3.8, 4) is 0 Å². The first-order valence-corrected chi connectivity index (χ1v) is 23.4. The molecule has 0 aliphatic heterocycles. The van der Waals surface area contributed by atoms with Crippen LogP contribution in [0.25, 0.3) is 0 Å². The third-order valence-electron chi connectivity index (χ3n) is 10.3. The van der Waals surface area contributed by atoms with E-state index in [1.54, 1.807) is 0 Å². The molecule has 0 bridgehead atoms. The number of hydrogen-bond acceptors (Lipinski definition) is 0. The summed E-state index contributed by atoms with van der Waals surface area (Å²) in [6.07, 6.45) is 62.9. The Bertz CT molecular complexity index is 528. The summed E-state index contributed by atoms with van der Waals surface area (Å²) in [6, 6.07) is 0. The largest absolute Gasteiger partial charge is 0.0834 e. The van der Waals surface area contributed by atoms with E-state index >= 15 is 0 Å². The zero-order chi connectivity index (χ0) is 33.8. The molecule has 0 aliphatic rings. The fourth-order valence-electron chi connectivity index (χ4n) is 7.00. The molecule has 279 valence electrons. The van der Waals surface area contributed by atoms with E-state index in [4.69, 9.17) is 0 Å². The first-order valence-electron chi connectivity index (χ1n) is 22.4. The Balaban J connectivity index is 3.14. The fraction of sp³-hybridized carbons (Fsp3) is 0.913. The van der Waals surface area contributed by atoms with Gasteiger partial charge in [0.15, 0.2) is 0 Å². The van der Waals surface area contributed by atoms with Crippen LogP contribution in [0.15, 0.2) is 23.8 Å². The summed E-state index contributed by atoms with van der Waals surface area (Å²) in [5.41, 5.74) is 0. The van der Waals surface area contributed by atoms with Crippen molar-refractivity contribution in [2.75, 3.05) is 0 Å². The highest BCUT2D eigenvalue weighted by Crippen LogP contribution is 2.19. The molecule has 0 aliphatic carbocycles. The lowest BCUT2D eigenvalue weighted by Gasteiger charge is -2.04. The van der Waals surface area contributed by atoms with Crippen LogP contribution in [0.3, 0.4) is 0 Å². The smallest absolute Gasteiger partial charge is 0.0267 e. The van der Waals surface area contributed by atoms with Gasteiger partial charge in [0.1, 0.15) is 0 Å². The highest BCUT2D eigenvalue weighted by molar-refractivity contribution is 7.45. The van der Waals surface area contributed by atoms with Gasteiger partial charge in [-0.1, -0.05) is 269 Å². The zero-order valence-corrected chi connectivity index (χ0v) is 33.9. The van der Waals surface area contributed by atoms with Crippen molar-refractivity contribution in [3.63, 3.8) is 0 Å². The molecule has 1 radical (unpaired) electrons. The molecule has 0 atom stereocenters. The Morgan fingerprint density at radius 3 is 0.596 bits per heavy atom. The maximum Gasteiger partial charge on any atom is -0.0267 e. The molecule has 0 saturated carbocycles. The summed E-state index contributed by atoms with van der Waals surface area (Å²) in [5.74, 6) is 4.73. The molecule has 0 spiro atoms. The van der Waals surface area contributed by atoms with Gasteiger partial charge in [-0.05, 0) is 34.3 Å². The van der Waals surface area contributed by atoms with Crippen LogP contribution in [0.5, 0.6) is 0 Å². The van der Waals surface area contributed by atoms with Crippen LogP contribution in [0.4, 0.5) is 0 Å². The van der Waals surface area contributed by atoms with Crippen molar-refractivity contribution in [2.24, 2.45) is 0 Å². The van der Waals surface area contributed by atoms with Crippen LogP contribution in [-0.2, 0) is 0 Å². The average molecular weight is 674 g/mol. The molecular weight excluding hydrogens is 583 g/mol. The van der Waals surface area contributed by atoms with Crippen LogP contribution in [0.1, 0.15) is 271 Å². The van der Waals surface area contributed by atoms with Gasteiger partial charge in [-0.2, -0.15) is 0 Å². The highest BCUT2D eigenvalue weighted by atomic mass is 31.1. The lowest BCUT2D eigenvalue weighted by Crippen LogP contribution is -1.84. The molecule has 0 unspecified atom stereocenters. The minimum Gasteiger partial charge on any atom is -0.0834 e. The van der Waals surface area contributed by atoms with Crippen LogP contribution in [0, 0.1) is 0 Å². The Hall–Kier alpha value is -0.0900. The van der Waals surface area contributed by atoms with Gasteiger partial charge in [0, 0.05) is 0 Å². The molecule has 47 heavy (non-hydrogen) atoms. The van der Waals surface area contributed by atoms with Crippen LogP contribution < -0.4 is 0 Å². The second-order valence-corrected chi connectivity index (χ2v) is 16.1. The van der Waals surface area contributed by atoms with Gasteiger partial charge in [-0.15, -0.1) is 0 Å². The maximum atomic E-state index is 2.41. The predicted molar refractivity (Wildman–Crippen MR) is 221 cm³/mol. The molecular formula is C46H90P.